The molecular formula is C12H13. The number of hydrogen-bond acceptors (Lipinski definition) is 0. The van der Waals surface area contributed by atoms with Crippen LogP contribution in [0.2, 0.25) is 0 Å². The van der Waals surface area contributed by atoms with Crippen molar-refractivity contribution in [2.45, 2.75) is 27.2 Å². The van der Waals surface area contributed by atoms with Crippen LogP contribution in [0.1, 0.15) is 22.3 Å². The van der Waals surface area contributed by atoms with E-state index in [4.69, 9.17) is 6.42 Å². The van der Waals surface area contributed by atoms with Crippen molar-refractivity contribution >= 4 is 0 Å². The summed E-state index contributed by atoms with van der Waals surface area (Å²) in [5.74, 6) is 2.44. The van der Waals surface area contributed by atoms with Crippen molar-refractivity contribution < 1.29 is 0 Å². The average molecular weight is 157 g/mol. The fraction of sp³-hybridized carbons (Fsp3) is 0.333. The lowest BCUT2D eigenvalue weighted by atomic mass is 9.96. The topological polar surface area (TPSA) is 0 Å². The smallest absolute Gasteiger partial charge is 0.0355 e. The van der Waals surface area contributed by atoms with E-state index in [2.05, 4.69) is 38.8 Å². The van der Waals surface area contributed by atoms with E-state index in [1.807, 2.05) is 0 Å². The third-order valence-electron chi connectivity index (χ3n) is 2.37. The second-order valence-electron chi connectivity index (χ2n) is 3.16. The van der Waals surface area contributed by atoms with Crippen molar-refractivity contribution in [2.24, 2.45) is 0 Å². The van der Waals surface area contributed by atoms with Crippen molar-refractivity contribution in [1.82, 2.24) is 0 Å². The first-order valence-electron chi connectivity index (χ1n) is 4.12. The Morgan fingerprint density at radius 2 is 1.75 bits per heavy atom. The van der Waals surface area contributed by atoms with Crippen LogP contribution in [0, 0.1) is 33.1 Å². The zero-order valence-electron chi connectivity index (χ0n) is 7.86. The maximum atomic E-state index is 6.95. The summed E-state index contributed by atoms with van der Waals surface area (Å²) in [6, 6.07) is 4.23. The molecule has 0 nitrogen and oxygen atoms in total. The van der Waals surface area contributed by atoms with E-state index in [0.29, 0.717) is 6.42 Å². The van der Waals surface area contributed by atoms with Crippen LogP contribution in [0.5, 0.6) is 0 Å². The molecule has 0 unspecified atom stereocenters. The Kier molecular flexibility index (Phi) is 2.55. The summed E-state index contributed by atoms with van der Waals surface area (Å²) in [5.41, 5.74) is 5.11. The quantitative estimate of drug-likeness (QED) is 0.550. The molecule has 0 heterocycles. The minimum absolute atomic E-state index is 0.638. The van der Waals surface area contributed by atoms with Gasteiger partial charge >= 0.3 is 0 Å². The molecule has 61 valence electrons. The molecule has 1 rings (SSSR count). The van der Waals surface area contributed by atoms with Gasteiger partial charge in [0.25, 0.3) is 0 Å². The highest BCUT2D eigenvalue weighted by Crippen LogP contribution is 2.17. The molecular weight excluding hydrogens is 144 g/mol. The molecule has 0 bridgehead atoms. The van der Waals surface area contributed by atoms with Crippen LogP contribution in [0.15, 0.2) is 12.1 Å². The number of hydrogen-bond donors (Lipinski definition) is 0. The van der Waals surface area contributed by atoms with E-state index in [-0.39, 0.29) is 0 Å². The molecule has 0 fully saturated rings. The molecule has 0 atom stereocenters. The molecule has 1 aromatic rings. The van der Waals surface area contributed by atoms with Gasteiger partial charge in [0.05, 0.1) is 0 Å². The minimum Gasteiger partial charge on any atom is -0.0843 e. The van der Waals surface area contributed by atoms with Crippen molar-refractivity contribution in [2.75, 3.05) is 0 Å². The summed E-state index contributed by atoms with van der Waals surface area (Å²) in [4.78, 5) is 0. The maximum absolute atomic E-state index is 6.95. The average Bonchev–Trinajstić information content (AvgIpc) is 2.06. The van der Waals surface area contributed by atoms with Crippen LogP contribution in [0.4, 0.5) is 0 Å². The molecule has 0 amide bonds. The Morgan fingerprint density at radius 3 is 2.33 bits per heavy atom. The molecule has 0 aromatic heterocycles. The van der Waals surface area contributed by atoms with Gasteiger partial charge in [-0.15, -0.1) is 0 Å². The van der Waals surface area contributed by atoms with Crippen LogP contribution in [0.25, 0.3) is 0 Å². The first kappa shape index (κ1) is 8.87. The van der Waals surface area contributed by atoms with Crippen LogP contribution in [-0.2, 0) is 6.42 Å². The molecule has 1 aromatic carbocycles. The zero-order valence-corrected chi connectivity index (χ0v) is 7.86. The Balaban J connectivity index is 3.25. The Morgan fingerprint density at radius 1 is 1.17 bits per heavy atom. The van der Waals surface area contributed by atoms with Gasteiger partial charge in [0, 0.05) is 6.42 Å². The SMILES string of the molecule is [C]#CCc1c(C)ccc(C)c1C. The lowest BCUT2D eigenvalue weighted by Gasteiger charge is -2.08. The fourth-order valence-corrected chi connectivity index (χ4v) is 1.37. The molecule has 0 aliphatic rings. The Bertz CT molecular complexity index is 327. The third-order valence-corrected chi connectivity index (χ3v) is 2.37. The van der Waals surface area contributed by atoms with Gasteiger partial charge in [-0.2, -0.15) is 0 Å². The van der Waals surface area contributed by atoms with E-state index in [0.717, 1.165) is 0 Å². The van der Waals surface area contributed by atoms with Gasteiger partial charge in [-0.25, -0.2) is 0 Å². The molecule has 0 N–H and O–H groups in total. The second-order valence-corrected chi connectivity index (χ2v) is 3.16. The number of benzene rings is 1. The first-order valence-corrected chi connectivity index (χ1v) is 4.12. The summed E-state index contributed by atoms with van der Waals surface area (Å²) in [6.07, 6.45) is 7.59. The fourth-order valence-electron chi connectivity index (χ4n) is 1.37. The summed E-state index contributed by atoms with van der Waals surface area (Å²) in [7, 11) is 0. The zero-order chi connectivity index (χ0) is 9.14. The maximum Gasteiger partial charge on any atom is 0.0355 e. The van der Waals surface area contributed by atoms with Crippen LogP contribution >= 0.6 is 0 Å². The molecule has 12 heavy (non-hydrogen) atoms. The third kappa shape index (κ3) is 1.51. The molecule has 0 aliphatic heterocycles. The normalized spacial score (nSPS) is 9.50. The van der Waals surface area contributed by atoms with Crippen molar-refractivity contribution in [1.29, 1.82) is 0 Å². The van der Waals surface area contributed by atoms with Crippen LogP contribution in [-0.4, -0.2) is 0 Å². The van der Waals surface area contributed by atoms with Crippen molar-refractivity contribution in [3.8, 4) is 5.92 Å². The largest absolute Gasteiger partial charge is 0.0843 e. The van der Waals surface area contributed by atoms with E-state index in [1.54, 1.807) is 0 Å². The van der Waals surface area contributed by atoms with E-state index in [9.17, 15) is 0 Å². The molecule has 1 radical (unpaired) electrons. The second kappa shape index (κ2) is 3.45. The van der Waals surface area contributed by atoms with E-state index < -0.39 is 0 Å². The van der Waals surface area contributed by atoms with Gasteiger partial charge in [0.2, 0.25) is 0 Å². The summed E-state index contributed by atoms with van der Waals surface area (Å²) in [6.45, 7) is 6.29. The molecule has 0 spiro atoms. The predicted octanol–water partition coefficient (Wildman–Crippen LogP) is 2.74. The van der Waals surface area contributed by atoms with Gasteiger partial charge in [0.1, 0.15) is 0 Å². The molecule has 0 saturated carbocycles. The monoisotopic (exact) mass is 157 g/mol. The molecule has 0 heteroatoms. The highest BCUT2D eigenvalue weighted by Gasteiger charge is 2.02. The number of rotatable bonds is 1. The van der Waals surface area contributed by atoms with Gasteiger partial charge in [-0.1, -0.05) is 18.1 Å². The minimum atomic E-state index is 0.638. The van der Waals surface area contributed by atoms with Gasteiger partial charge in [-0.3, -0.25) is 0 Å². The van der Waals surface area contributed by atoms with Crippen molar-refractivity contribution in [3.05, 3.63) is 40.8 Å². The van der Waals surface area contributed by atoms with Crippen molar-refractivity contribution in [3.63, 3.8) is 0 Å². The summed E-state index contributed by atoms with van der Waals surface area (Å²) >= 11 is 0. The molecule has 0 saturated heterocycles. The van der Waals surface area contributed by atoms with Gasteiger partial charge < -0.3 is 0 Å². The van der Waals surface area contributed by atoms with Gasteiger partial charge in [0.15, 0.2) is 0 Å². The van der Waals surface area contributed by atoms with Crippen LogP contribution < -0.4 is 0 Å². The first-order chi connectivity index (χ1) is 5.66. The lowest BCUT2D eigenvalue weighted by molar-refractivity contribution is 1.16. The summed E-state index contributed by atoms with van der Waals surface area (Å²) < 4.78 is 0. The Labute approximate surface area is 74.6 Å². The van der Waals surface area contributed by atoms with E-state index in [1.165, 1.54) is 22.3 Å². The number of aryl methyl sites for hydroxylation is 2. The highest BCUT2D eigenvalue weighted by molar-refractivity contribution is 5.40. The van der Waals surface area contributed by atoms with Crippen LogP contribution in [0.3, 0.4) is 0 Å². The standard InChI is InChI=1S/C12H13/c1-5-6-12-10(3)8-7-9(2)11(12)4/h7-8H,6H2,2-4H3. The summed E-state index contributed by atoms with van der Waals surface area (Å²) in [5, 5.41) is 0. The Hall–Kier alpha value is -1.22. The lowest BCUT2D eigenvalue weighted by Crippen LogP contribution is -1.94. The predicted molar refractivity (Wildman–Crippen MR) is 51.5 cm³/mol. The molecule has 0 aliphatic carbocycles. The van der Waals surface area contributed by atoms with E-state index >= 15 is 0 Å². The highest BCUT2D eigenvalue weighted by atomic mass is 14.1. The van der Waals surface area contributed by atoms with Gasteiger partial charge in [-0.05, 0) is 49.4 Å².